The van der Waals surface area contributed by atoms with E-state index in [4.69, 9.17) is 14.2 Å². The van der Waals surface area contributed by atoms with Crippen molar-refractivity contribution in [2.24, 2.45) is 39.9 Å². The Morgan fingerprint density at radius 1 is 1.24 bits per heavy atom. The topological polar surface area (TPSA) is 65.1 Å². The van der Waals surface area contributed by atoms with Gasteiger partial charge in [0.2, 0.25) is 0 Å². The summed E-state index contributed by atoms with van der Waals surface area (Å²) >= 11 is 0. The number of Topliss-reactive ketones (excluding diaryl/α,β-unsaturated/α-hetero) is 1. The van der Waals surface area contributed by atoms with Gasteiger partial charge in [-0.05, 0) is 45.1 Å². The maximum Gasteiger partial charge on any atom is 0.312 e. The van der Waals surface area contributed by atoms with E-state index < -0.39 is 10.8 Å². The zero-order valence-electron chi connectivity index (χ0n) is 17.7. The summed E-state index contributed by atoms with van der Waals surface area (Å²) in [6, 6.07) is 0.0367. The molecule has 4 aliphatic heterocycles. The number of methoxy groups -OCH3 is 2. The molecule has 8 rings (SSSR count). The molecule has 4 saturated carbocycles. The Labute approximate surface area is 171 Å². The van der Waals surface area contributed by atoms with Crippen LogP contribution in [-0.2, 0) is 23.8 Å². The molecule has 6 heteroatoms. The normalized spacial score (nSPS) is 63.4. The van der Waals surface area contributed by atoms with Crippen molar-refractivity contribution in [2.45, 2.75) is 69.9 Å². The lowest BCUT2D eigenvalue weighted by Crippen LogP contribution is -2.70. The van der Waals surface area contributed by atoms with E-state index in [9.17, 15) is 9.59 Å². The molecule has 0 unspecified atom stereocenters. The van der Waals surface area contributed by atoms with Gasteiger partial charge < -0.3 is 14.2 Å². The molecule has 158 valence electrons. The largest absolute Gasteiger partial charge is 0.461 e. The second-order valence-corrected chi connectivity index (χ2v) is 11.1. The molecule has 0 aromatic rings. The average molecular weight is 402 g/mol. The molecular formula is C23H31NO5. The molecule has 0 aromatic heterocycles. The van der Waals surface area contributed by atoms with E-state index in [0.717, 1.165) is 32.2 Å². The first-order valence-corrected chi connectivity index (χ1v) is 11.5. The van der Waals surface area contributed by atoms with Crippen molar-refractivity contribution in [2.75, 3.05) is 20.8 Å². The van der Waals surface area contributed by atoms with Gasteiger partial charge in [0.1, 0.15) is 6.10 Å². The zero-order valence-corrected chi connectivity index (χ0v) is 17.7. The third-order valence-electron chi connectivity index (χ3n) is 11.0. The molecule has 4 saturated heterocycles. The maximum atomic E-state index is 14.3. The number of hydrogen-bond donors (Lipinski definition) is 0. The van der Waals surface area contributed by atoms with Gasteiger partial charge in [0.15, 0.2) is 5.78 Å². The summed E-state index contributed by atoms with van der Waals surface area (Å²) in [7, 11) is 3.60. The van der Waals surface area contributed by atoms with Crippen molar-refractivity contribution in [1.82, 2.24) is 4.90 Å². The highest BCUT2D eigenvalue weighted by Gasteiger charge is 2.93. The van der Waals surface area contributed by atoms with Gasteiger partial charge in [-0.25, -0.2) is 0 Å². The van der Waals surface area contributed by atoms with Crippen molar-refractivity contribution in [1.29, 1.82) is 0 Å². The van der Waals surface area contributed by atoms with Gasteiger partial charge in [-0.3, -0.25) is 14.5 Å². The minimum Gasteiger partial charge on any atom is -0.461 e. The molecule has 12 atom stereocenters. The first-order valence-electron chi connectivity index (χ1n) is 11.5. The second kappa shape index (κ2) is 4.91. The van der Waals surface area contributed by atoms with Crippen LogP contribution in [0.2, 0.25) is 0 Å². The van der Waals surface area contributed by atoms with Crippen molar-refractivity contribution in [3.8, 4) is 0 Å². The zero-order chi connectivity index (χ0) is 20.1. The van der Waals surface area contributed by atoms with Crippen LogP contribution in [0.15, 0.2) is 0 Å². The van der Waals surface area contributed by atoms with Crippen molar-refractivity contribution < 1.29 is 23.8 Å². The Balaban J connectivity index is 1.53. The number of rotatable bonds is 3. The molecule has 6 nitrogen and oxygen atoms in total. The molecule has 4 aliphatic carbocycles. The van der Waals surface area contributed by atoms with Crippen LogP contribution >= 0.6 is 0 Å². The Kier molecular flexibility index (Phi) is 2.99. The summed E-state index contributed by atoms with van der Waals surface area (Å²) in [4.78, 5) is 29.8. The molecule has 6 bridgehead atoms. The van der Waals surface area contributed by atoms with Crippen LogP contribution in [0.1, 0.15) is 39.5 Å². The molecule has 4 heterocycles. The van der Waals surface area contributed by atoms with Gasteiger partial charge in [-0.2, -0.15) is 0 Å². The lowest BCUT2D eigenvalue weighted by Gasteiger charge is -2.62. The number of hydrogen-bond acceptors (Lipinski definition) is 6. The van der Waals surface area contributed by atoms with Gasteiger partial charge in [0.25, 0.3) is 0 Å². The summed E-state index contributed by atoms with van der Waals surface area (Å²) < 4.78 is 18.3. The van der Waals surface area contributed by atoms with Gasteiger partial charge >= 0.3 is 5.97 Å². The van der Waals surface area contributed by atoms with Crippen molar-refractivity contribution in [3.05, 3.63) is 0 Å². The van der Waals surface area contributed by atoms with Crippen LogP contribution in [0, 0.1) is 39.9 Å². The number of carbonyl (C=O) groups excluding carboxylic acids is 2. The number of ketones is 1. The average Bonchev–Trinajstić information content (AvgIpc) is 3.33. The number of ether oxygens (including phenoxy) is 3. The van der Waals surface area contributed by atoms with Crippen LogP contribution in [0.3, 0.4) is 0 Å². The summed E-state index contributed by atoms with van der Waals surface area (Å²) in [5.74, 6) is 1.41. The highest BCUT2D eigenvalue weighted by molar-refractivity contribution is 5.98. The van der Waals surface area contributed by atoms with Gasteiger partial charge in [-0.15, -0.1) is 0 Å². The van der Waals surface area contributed by atoms with E-state index in [1.807, 2.05) is 7.11 Å². The fraction of sp³-hybridized carbons (Fsp3) is 0.913. The Bertz CT molecular complexity index is 845. The third-order valence-corrected chi connectivity index (χ3v) is 11.0. The fourth-order valence-electron chi connectivity index (χ4n) is 10.7. The highest BCUT2D eigenvalue weighted by atomic mass is 16.6. The molecule has 2 spiro atoms. The predicted octanol–water partition coefficient (Wildman–Crippen LogP) is 1.66. The summed E-state index contributed by atoms with van der Waals surface area (Å²) in [6.45, 7) is 5.13. The van der Waals surface area contributed by atoms with Crippen LogP contribution in [0.4, 0.5) is 0 Å². The van der Waals surface area contributed by atoms with E-state index in [1.165, 1.54) is 0 Å². The SMILES string of the molecule is CCN1[C@@H]2[C@@]34C[C@H](OC)[C@H]5C[C@H]([C@@H]3[C@H]5OC)[C@@]23[C@@H]2CC[C@@](C)(C(=O)O2)[C@H]3[C@@H]1C4=O. The monoisotopic (exact) mass is 401 g/mol. The molecule has 0 aromatic carbocycles. The summed E-state index contributed by atoms with van der Waals surface area (Å²) in [5.41, 5.74) is -1.00. The third kappa shape index (κ3) is 1.40. The fourth-order valence-corrected chi connectivity index (χ4v) is 10.7. The minimum atomic E-state index is -0.529. The number of fused-ring (bicyclic) bond motifs is 4. The highest BCUT2D eigenvalue weighted by Crippen LogP contribution is 2.84. The lowest BCUT2D eigenvalue weighted by molar-refractivity contribution is -0.234. The first kappa shape index (κ1) is 17.7. The van der Waals surface area contributed by atoms with Crippen molar-refractivity contribution >= 4 is 11.8 Å². The van der Waals surface area contributed by atoms with Gasteiger partial charge in [-0.1, -0.05) is 6.92 Å². The Morgan fingerprint density at radius 2 is 2.03 bits per heavy atom. The minimum absolute atomic E-state index is 0.0382. The summed E-state index contributed by atoms with van der Waals surface area (Å²) in [6.07, 6.45) is 3.78. The first-order chi connectivity index (χ1) is 13.9. The molecule has 8 fully saturated rings. The van der Waals surface area contributed by atoms with E-state index in [0.29, 0.717) is 17.6 Å². The maximum absolute atomic E-state index is 14.3. The van der Waals surface area contributed by atoms with E-state index >= 15 is 0 Å². The van der Waals surface area contributed by atoms with Crippen LogP contribution < -0.4 is 0 Å². The predicted molar refractivity (Wildman–Crippen MR) is 102 cm³/mol. The Morgan fingerprint density at radius 3 is 2.69 bits per heavy atom. The summed E-state index contributed by atoms with van der Waals surface area (Å²) in [5, 5.41) is 0. The number of nitrogens with zero attached hydrogens (tertiary/aromatic N) is 1. The van der Waals surface area contributed by atoms with E-state index in [1.54, 1.807) is 7.11 Å². The second-order valence-electron chi connectivity index (χ2n) is 11.1. The molecule has 0 radical (unpaired) electrons. The van der Waals surface area contributed by atoms with Crippen LogP contribution in [0.25, 0.3) is 0 Å². The van der Waals surface area contributed by atoms with Crippen molar-refractivity contribution in [3.63, 3.8) is 0 Å². The number of carbonyl (C=O) groups is 2. The number of esters is 1. The molecule has 29 heavy (non-hydrogen) atoms. The van der Waals surface area contributed by atoms with Crippen LogP contribution in [-0.4, -0.2) is 67.8 Å². The van der Waals surface area contributed by atoms with Gasteiger partial charge in [0, 0.05) is 43.4 Å². The quantitative estimate of drug-likeness (QED) is 0.670. The molecule has 8 aliphatic rings. The van der Waals surface area contributed by atoms with E-state index in [-0.39, 0.29) is 53.6 Å². The lowest BCUT2D eigenvalue weighted by atomic mass is 9.44. The number of likely N-dealkylation sites (N-methyl/N-ethyl adjacent to an activating group) is 1. The van der Waals surface area contributed by atoms with E-state index in [2.05, 4.69) is 18.7 Å². The Hall–Kier alpha value is -0.980. The van der Waals surface area contributed by atoms with Crippen LogP contribution in [0.5, 0.6) is 0 Å². The standard InChI is InChI=1S/C23H31NO5/c1-5-24-15-17-21(2)7-6-13(29-20(21)26)23(17)11-8-10-12(27-3)9-22(18(15)25,19(23)24)14(11)16(10)28-4/h10-17,19H,5-9H2,1-4H3/t10-,11-,12+,13+,14-,15-,16+,17-,19-,21-,22+,23+/m1/s1. The molecule has 0 N–H and O–H groups in total. The molecular weight excluding hydrogens is 370 g/mol. The van der Waals surface area contributed by atoms with Gasteiger partial charge in [0.05, 0.1) is 29.1 Å². The smallest absolute Gasteiger partial charge is 0.312 e. The molecule has 0 amide bonds.